The molecule has 0 atom stereocenters. The second kappa shape index (κ2) is 8.43. The number of nitrogens with zero attached hydrogens (tertiary/aromatic N) is 3. The molecular formula is C22H23FN4O2. The first-order valence-corrected chi connectivity index (χ1v) is 9.79. The molecule has 1 aliphatic rings. The van der Waals surface area contributed by atoms with Crippen molar-refractivity contribution in [2.24, 2.45) is 0 Å². The highest BCUT2D eigenvalue weighted by Crippen LogP contribution is 2.24. The fraction of sp³-hybridized carbons (Fsp3) is 0.318. The van der Waals surface area contributed by atoms with Crippen LogP contribution in [-0.2, 0) is 24.2 Å². The van der Waals surface area contributed by atoms with Gasteiger partial charge in [0.25, 0.3) is 0 Å². The van der Waals surface area contributed by atoms with E-state index >= 15 is 0 Å². The van der Waals surface area contributed by atoms with E-state index in [-0.39, 0.29) is 18.1 Å². The molecule has 2 aromatic carbocycles. The highest BCUT2D eigenvalue weighted by atomic mass is 19.1. The largest absolute Gasteiger partial charge is 0.494 e. The van der Waals surface area contributed by atoms with Gasteiger partial charge in [-0.05, 0) is 54.8 Å². The normalized spacial score (nSPS) is 13.4. The topological polar surface area (TPSA) is 69.0 Å². The summed E-state index contributed by atoms with van der Waals surface area (Å²) in [5.74, 6) is 1.39. The van der Waals surface area contributed by atoms with Gasteiger partial charge in [-0.2, -0.15) is 0 Å². The van der Waals surface area contributed by atoms with Crippen LogP contribution < -0.4 is 10.1 Å². The van der Waals surface area contributed by atoms with Gasteiger partial charge < -0.3 is 14.6 Å². The van der Waals surface area contributed by atoms with Crippen LogP contribution in [0.4, 0.5) is 10.1 Å². The molecule has 150 valence electrons. The van der Waals surface area contributed by atoms with E-state index in [1.807, 2.05) is 24.3 Å². The molecule has 0 radical (unpaired) electrons. The van der Waals surface area contributed by atoms with E-state index in [9.17, 15) is 9.18 Å². The average molecular weight is 394 g/mol. The summed E-state index contributed by atoms with van der Waals surface area (Å²) in [6.07, 6.45) is 4.55. The maximum absolute atomic E-state index is 13.8. The van der Waals surface area contributed by atoms with Crippen LogP contribution in [-0.4, -0.2) is 27.8 Å². The van der Waals surface area contributed by atoms with Crippen molar-refractivity contribution < 1.29 is 13.9 Å². The van der Waals surface area contributed by atoms with Gasteiger partial charge >= 0.3 is 0 Å². The van der Waals surface area contributed by atoms with Crippen LogP contribution in [0.15, 0.2) is 42.5 Å². The number of aryl methyl sites for hydroxylation is 1. The number of anilines is 1. The molecule has 3 aromatic rings. The van der Waals surface area contributed by atoms with E-state index in [1.165, 1.54) is 25.7 Å². The number of methoxy groups -OCH3 is 1. The van der Waals surface area contributed by atoms with Crippen LogP contribution in [0, 0.1) is 5.82 Å². The van der Waals surface area contributed by atoms with Crippen molar-refractivity contribution in [3.05, 3.63) is 59.7 Å². The number of hydrogen-bond donors (Lipinski definition) is 1. The summed E-state index contributed by atoms with van der Waals surface area (Å²) < 4.78 is 20.9. The lowest BCUT2D eigenvalue weighted by Gasteiger charge is -2.09. The number of rotatable bonds is 5. The Morgan fingerprint density at radius 1 is 1.14 bits per heavy atom. The number of nitrogens with one attached hydrogen (secondary N) is 1. The summed E-state index contributed by atoms with van der Waals surface area (Å²) in [5, 5.41) is 11.5. The summed E-state index contributed by atoms with van der Waals surface area (Å²) in [6.45, 7) is 0.939. The number of halogens is 1. The molecule has 0 bridgehead atoms. The van der Waals surface area contributed by atoms with E-state index < -0.39 is 5.82 Å². The van der Waals surface area contributed by atoms with Crippen molar-refractivity contribution in [3.8, 4) is 17.1 Å². The number of benzene rings is 2. The lowest BCUT2D eigenvalue weighted by Crippen LogP contribution is -2.14. The van der Waals surface area contributed by atoms with Gasteiger partial charge in [0, 0.05) is 24.2 Å². The van der Waals surface area contributed by atoms with Gasteiger partial charge in [0.05, 0.1) is 13.5 Å². The smallest absolute Gasteiger partial charge is 0.228 e. The summed E-state index contributed by atoms with van der Waals surface area (Å²) in [6, 6.07) is 12.1. The predicted octanol–water partition coefficient (Wildman–Crippen LogP) is 4.00. The van der Waals surface area contributed by atoms with Gasteiger partial charge in [-0.3, -0.25) is 4.79 Å². The van der Waals surface area contributed by atoms with Crippen LogP contribution in [0.5, 0.6) is 5.75 Å². The van der Waals surface area contributed by atoms with Gasteiger partial charge in [-0.1, -0.05) is 12.5 Å². The number of carbonyl (C=O) groups excluding carboxylic acids is 1. The second-order valence-corrected chi connectivity index (χ2v) is 7.17. The number of amides is 1. The number of carbonyl (C=O) groups is 1. The molecule has 4 rings (SSSR count). The molecule has 0 saturated heterocycles. The van der Waals surface area contributed by atoms with Crippen molar-refractivity contribution in [1.29, 1.82) is 0 Å². The molecule has 0 aliphatic carbocycles. The number of ether oxygens (including phenoxy) is 1. The highest BCUT2D eigenvalue weighted by Gasteiger charge is 2.16. The Labute approximate surface area is 168 Å². The third-order valence-electron chi connectivity index (χ3n) is 5.12. The third kappa shape index (κ3) is 4.29. The monoisotopic (exact) mass is 394 g/mol. The van der Waals surface area contributed by atoms with Gasteiger partial charge in [0.1, 0.15) is 5.82 Å². The van der Waals surface area contributed by atoms with Crippen molar-refractivity contribution in [2.45, 2.75) is 38.6 Å². The molecule has 1 N–H and O–H groups in total. The molecule has 6 nitrogen and oxygen atoms in total. The molecule has 7 heteroatoms. The molecular weight excluding hydrogens is 371 g/mol. The number of fused-ring (bicyclic) bond motifs is 1. The Morgan fingerprint density at radius 3 is 2.72 bits per heavy atom. The van der Waals surface area contributed by atoms with E-state index in [1.54, 1.807) is 6.07 Å². The van der Waals surface area contributed by atoms with Crippen molar-refractivity contribution >= 4 is 11.6 Å². The van der Waals surface area contributed by atoms with Gasteiger partial charge in [-0.25, -0.2) is 4.39 Å². The molecule has 0 spiro atoms. The summed E-state index contributed by atoms with van der Waals surface area (Å²) in [5.41, 5.74) is 2.24. The molecule has 0 unspecified atom stereocenters. The lowest BCUT2D eigenvalue weighted by molar-refractivity contribution is -0.115. The highest BCUT2D eigenvalue weighted by molar-refractivity contribution is 5.92. The first-order chi connectivity index (χ1) is 14.1. The molecule has 0 saturated carbocycles. The summed E-state index contributed by atoms with van der Waals surface area (Å²) >= 11 is 0. The predicted molar refractivity (Wildman–Crippen MR) is 108 cm³/mol. The SMILES string of the molecule is COc1ccc(CC(=O)Nc2ccc(-c3nnc4n3CCCCC4)cc2)cc1F. The van der Waals surface area contributed by atoms with Crippen LogP contribution in [0.25, 0.3) is 11.4 Å². The Kier molecular flexibility index (Phi) is 5.55. The van der Waals surface area contributed by atoms with Crippen LogP contribution in [0.1, 0.15) is 30.7 Å². The Bertz CT molecular complexity index is 1010. The zero-order valence-electron chi connectivity index (χ0n) is 16.3. The molecule has 2 heterocycles. The van der Waals surface area contributed by atoms with Gasteiger partial charge in [-0.15, -0.1) is 10.2 Å². The summed E-state index contributed by atoms with van der Waals surface area (Å²) in [7, 11) is 1.41. The van der Waals surface area contributed by atoms with Crippen molar-refractivity contribution in [3.63, 3.8) is 0 Å². The number of aromatic nitrogens is 3. The molecule has 0 fully saturated rings. The third-order valence-corrected chi connectivity index (χ3v) is 5.12. The zero-order valence-corrected chi connectivity index (χ0v) is 16.3. The van der Waals surface area contributed by atoms with Gasteiger partial charge in [0.2, 0.25) is 5.91 Å². The minimum atomic E-state index is -0.477. The maximum Gasteiger partial charge on any atom is 0.228 e. The minimum Gasteiger partial charge on any atom is -0.494 e. The molecule has 1 aliphatic heterocycles. The Morgan fingerprint density at radius 2 is 1.97 bits per heavy atom. The van der Waals surface area contributed by atoms with Crippen LogP contribution in [0.3, 0.4) is 0 Å². The quantitative estimate of drug-likeness (QED) is 0.710. The van der Waals surface area contributed by atoms with Crippen LogP contribution in [0.2, 0.25) is 0 Å². The van der Waals surface area contributed by atoms with Crippen LogP contribution >= 0.6 is 0 Å². The first-order valence-electron chi connectivity index (χ1n) is 9.79. The van der Waals surface area contributed by atoms with E-state index in [0.29, 0.717) is 11.3 Å². The van der Waals surface area contributed by atoms with Crippen molar-refractivity contribution in [1.82, 2.24) is 14.8 Å². The fourth-order valence-electron chi connectivity index (χ4n) is 3.61. The lowest BCUT2D eigenvalue weighted by atomic mass is 10.1. The van der Waals surface area contributed by atoms with E-state index in [0.717, 1.165) is 43.0 Å². The molecule has 29 heavy (non-hydrogen) atoms. The van der Waals surface area contributed by atoms with E-state index in [4.69, 9.17) is 4.74 Å². The second-order valence-electron chi connectivity index (χ2n) is 7.17. The Hall–Kier alpha value is -3.22. The number of hydrogen-bond acceptors (Lipinski definition) is 4. The molecule has 1 aromatic heterocycles. The average Bonchev–Trinajstić information content (AvgIpc) is 2.97. The standard InChI is InChI=1S/C22H23FN4O2/c1-29-19-11-6-15(13-18(19)23)14-21(28)24-17-9-7-16(8-10-17)22-26-25-20-5-3-2-4-12-27(20)22/h6-11,13H,2-5,12,14H2,1H3,(H,24,28). The molecule has 1 amide bonds. The fourth-order valence-corrected chi connectivity index (χ4v) is 3.61. The van der Waals surface area contributed by atoms with Crippen molar-refractivity contribution in [2.75, 3.05) is 12.4 Å². The van der Waals surface area contributed by atoms with E-state index in [2.05, 4.69) is 20.1 Å². The Balaban J connectivity index is 1.43. The first kappa shape index (κ1) is 19.1. The minimum absolute atomic E-state index is 0.0837. The van der Waals surface area contributed by atoms with Gasteiger partial charge in [0.15, 0.2) is 17.4 Å². The summed E-state index contributed by atoms with van der Waals surface area (Å²) in [4.78, 5) is 12.3. The maximum atomic E-state index is 13.8. The zero-order chi connectivity index (χ0) is 20.2.